The van der Waals surface area contributed by atoms with Crippen molar-refractivity contribution in [1.82, 2.24) is 10.3 Å². The molecule has 1 aliphatic heterocycles. The molecule has 1 N–H and O–H groups in total. The normalized spacial score (nSPS) is 26.0. The Kier molecular flexibility index (Phi) is 4.79. The number of fused-ring (bicyclic) bond motifs is 1. The van der Waals surface area contributed by atoms with Crippen LogP contribution in [0.15, 0.2) is 18.3 Å². The quantitative estimate of drug-likeness (QED) is 0.914. The highest BCUT2D eigenvalue weighted by Crippen LogP contribution is 2.37. The molecule has 0 bridgehead atoms. The van der Waals surface area contributed by atoms with Crippen LogP contribution >= 0.6 is 0 Å². The molecular weight excluding hydrogens is 258 g/mol. The summed E-state index contributed by atoms with van der Waals surface area (Å²) in [7, 11) is 0. The fraction of sp³-hybridized carbons (Fsp3) is 0.722. The monoisotopic (exact) mass is 287 g/mol. The Morgan fingerprint density at radius 3 is 2.90 bits per heavy atom. The van der Waals surface area contributed by atoms with Gasteiger partial charge in [0.15, 0.2) is 0 Å². The molecule has 0 spiro atoms. The van der Waals surface area contributed by atoms with E-state index in [9.17, 15) is 0 Å². The summed E-state index contributed by atoms with van der Waals surface area (Å²) in [6.07, 6.45) is 10.3. The smallest absolute Gasteiger partial charge is 0.133 e. The SMILES string of the molecule is CC(C)NCc1cccnc1N1CCC[C@H]2CCCC[C@H]21. The highest BCUT2D eigenvalue weighted by atomic mass is 15.2. The summed E-state index contributed by atoms with van der Waals surface area (Å²) in [5.74, 6) is 2.14. The van der Waals surface area contributed by atoms with Gasteiger partial charge in [-0.3, -0.25) is 0 Å². The zero-order valence-corrected chi connectivity index (χ0v) is 13.5. The van der Waals surface area contributed by atoms with Gasteiger partial charge in [-0.2, -0.15) is 0 Å². The number of hydrogen-bond acceptors (Lipinski definition) is 3. The number of pyridine rings is 1. The lowest BCUT2D eigenvalue weighted by atomic mass is 9.78. The van der Waals surface area contributed by atoms with Crippen molar-refractivity contribution in [2.24, 2.45) is 5.92 Å². The molecular formula is C18H29N3. The second kappa shape index (κ2) is 6.78. The van der Waals surface area contributed by atoms with Gasteiger partial charge in [0.25, 0.3) is 0 Å². The Bertz CT molecular complexity index is 456. The van der Waals surface area contributed by atoms with Crippen LogP contribution in [0.25, 0.3) is 0 Å². The minimum absolute atomic E-state index is 0.516. The van der Waals surface area contributed by atoms with Crippen molar-refractivity contribution in [2.75, 3.05) is 11.4 Å². The van der Waals surface area contributed by atoms with Gasteiger partial charge >= 0.3 is 0 Å². The first-order valence-corrected chi connectivity index (χ1v) is 8.69. The highest BCUT2D eigenvalue weighted by Gasteiger charge is 2.34. The lowest BCUT2D eigenvalue weighted by Crippen LogP contribution is -2.47. The molecule has 2 atom stereocenters. The Morgan fingerprint density at radius 1 is 1.24 bits per heavy atom. The second-order valence-corrected chi connectivity index (χ2v) is 6.97. The van der Waals surface area contributed by atoms with Gasteiger partial charge < -0.3 is 10.2 Å². The average Bonchev–Trinajstić information content (AvgIpc) is 2.53. The van der Waals surface area contributed by atoms with Gasteiger partial charge in [0.2, 0.25) is 0 Å². The second-order valence-electron chi connectivity index (χ2n) is 6.97. The number of hydrogen-bond donors (Lipinski definition) is 1. The Labute approximate surface area is 129 Å². The van der Waals surface area contributed by atoms with Gasteiger partial charge in [-0.25, -0.2) is 4.98 Å². The van der Waals surface area contributed by atoms with Gasteiger partial charge in [-0.05, 0) is 37.7 Å². The van der Waals surface area contributed by atoms with Crippen molar-refractivity contribution in [1.29, 1.82) is 0 Å². The molecule has 3 nitrogen and oxygen atoms in total. The summed E-state index contributed by atoms with van der Waals surface area (Å²) in [5.41, 5.74) is 1.36. The van der Waals surface area contributed by atoms with E-state index in [1.54, 1.807) is 0 Å². The fourth-order valence-corrected chi connectivity index (χ4v) is 4.03. The van der Waals surface area contributed by atoms with E-state index in [4.69, 9.17) is 4.98 Å². The molecule has 2 heterocycles. The number of rotatable bonds is 4. The molecule has 3 heteroatoms. The third-order valence-electron chi connectivity index (χ3n) is 5.08. The molecule has 1 aromatic rings. The van der Waals surface area contributed by atoms with Gasteiger partial charge in [-0.15, -0.1) is 0 Å². The number of piperidine rings is 1. The van der Waals surface area contributed by atoms with Crippen molar-refractivity contribution in [3.8, 4) is 0 Å². The first kappa shape index (κ1) is 14.8. The van der Waals surface area contributed by atoms with E-state index in [0.717, 1.165) is 18.5 Å². The Morgan fingerprint density at radius 2 is 2.05 bits per heavy atom. The standard InChI is InChI=1S/C18H29N3/c1-14(2)20-13-16-8-5-11-19-18(16)21-12-6-9-15-7-3-4-10-17(15)21/h5,8,11,14-15,17,20H,3-4,6-7,9-10,12-13H2,1-2H3/t15-,17-/m1/s1. The molecule has 0 unspecified atom stereocenters. The molecule has 1 saturated heterocycles. The fourth-order valence-electron chi connectivity index (χ4n) is 4.03. The summed E-state index contributed by atoms with van der Waals surface area (Å²) in [6, 6.07) is 5.56. The molecule has 0 aromatic carbocycles. The average molecular weight is 287 g/mol. The summed E-state index contributed by atoms with van der Waals surface area (Å²) < 4.78 is 0. The van der Waals surface area contributed by atoms with Crippen LogP contribution in [0.3, 0.4) is 0 Å². The zero-order chi connectivity index (χ0) is 14.7. The van der Waals surface area contributed by atoms with E-state index >= 15 is 0 Å². The molecule has 1 aliphatic carbocycles. The van der Waals surface area contributed by atoms with Crippen LogP contribution in [0.2, 0.25) is 0 Å². The predicted octanol–water partition coefficient (Wildman–Crippen LogP) is 3.74. The number of nitrogens with one attached hydrogen (secondary N) is 1. The Hall–Kier alpha value is -1.09. The van der Waals surface area contributed by atoms with Crippen LogP contribution in [0, 0.1) is 5.92 Å². The van der Waals surface area contributed by atoms with Gasteiger partial charge in [0, 0.05) is 36.9 Å². The van der Waals surface area contributed by atoms with Crippen LogP contribution in [-0.2, 0) is 6.54 Å². The zero-order valence-electron chi connectivity index (χ0n) is 13.5. The summed E-state index contributed by atoms with van der Waals surface area (Å²) in [4.78, 5) is 7.39. The minimum Gasteiger partial charge on any atom is -0.353 e. The van der Waals surface area contributed by atoms with Crippen LogP contribution in [0.5, 0.6) is 0 Å². The van der Waals surface area contributed by atoms with E-state index in [2.05, 4.69) is 36.2 Å². The van der Waals surface area contributed by atoms with Crippen molar-refractivity contribution in [3.63, 3.8) is 0 Å². The third-order valence-corrected chi connectivity index (χ3v) is 5.08. The van der Waals surface area contributed by atoms with E-state index in [1.807, 2.05) is 6.20 Å². The van der Waals surface area contributed by atoms with Crippen molar-refractivity contribution >= 4 is 5.82 Å². The third kappa shape index (κ3) is 3.39. The van der Waals surface area contributed by atoms with E-state index in [0.29, 0.717) is 6.04 Å². The maximum Gasteiger partial charge on any atom is 0.133 e. The maximum atomic E-state index is 4.76. The molecule has 116 valence electrons. The minimum atomic E-state index is 0.516. The summed E-state index contributed by atoms with van der Waals surface area (Å²) in [6.45, 7) is 6.52. The van der Waals surface area contributed by atoms with Crippen LogP contribution in [0.4, 0.5) is 5.82 Å². The maximum absolute atomic E-state index is 4.76. The van der Waals surface area contributed by atoms with Crippen molar-refractivity contribution < 1.29 is 0 Å². The van der Waals surface area contributed by atoms with Crippen LogP contribution in [-0.4, -0.2) is 23.6 Å². The molecule has 0 radical (unpaired) electrons. The highest BCUT2D eigenvalue weighted by molar-refractivity contribution is 5.48. The largest absolute Gasteiger partial charge is 0.353 e. The molecule has 1 saturated carbocycles. The molecule has 2 aliphatic rings. The molecule has 0 amide bonds. The number of aromatic nitrogens is 1. The predicted molar refractivity (Wildman–Crippen MR) is 88.5 cm³/mol. The van der Waals surface area contributed by atoms with Crippen molar-refractivity contribution in [2.45, 2.75) is 71.0 Å². The summed E-state index contributed by atoms with van der Waals surface area (Å²) in [5, 5.41) is 3.55. The molecule has 21 heavy (non-hydrogen) atoms. The van der Waals surface area contributed by atoms with Gasteiger partial charge in [0.1, 0.15) is 5.82 Å². The van der Waals surface area contributed by atoms with Crippen LogP contribution in [0.1, 0.15) is 57.9 Å². The molecule has 1 aromatic heterocycles. The van der Waals surface area contributed by atoms with E-state index in [-0.39, 0.29) is 0 Å². The topological polar surface area (TPSA) is 28.2 Å². The number of nitrogens with zero attached hydrogens (tertiary/aromatic N) is 2. The first-order valence-electron chi connectivity index (χ1n) is 8.69. The van der Waals surface area contributed by atoms with Gasteiger partial charge in [-0.1, -0.05) is 32.8 Å². The van der Waals surface area contributed by atoms with E-state index < -0.39 is 0 Å². The van der Waals surface area contributed by atoms with Crippen molar-refractivity contribution in [3.05, 3.63) is 23.9 Å². The Balaban J connectivity index is 1.81. The first-order chi connectivity index (χ1) is 10.3. The summed E-state index contributed by atoms with van der Waals surface area (Å²) >= 11 is 0. The van der Waals surface area contributed by atoms with E-state index in [1.165, 1.54) is 56.5 Å². The molecule has 2 fully saturated rings. The lowest BCUT2D eigenvalue weighted by Gasteiger charge is -2.45. The molecule has 3 rings (SSSR count). The van der Waals surface area contributed by atoms with Gasteiger partial charge in [0.05, 0.1) is 0 Å². The lowest BCUT2D eigenvalue weighted by molar-refractivity contribution is 0.242. The number of anilines is 1. The van der Waals surface area contributed by atoms with Crippen LogP contribution < -0.4 is 10.2 Å².